The van der Waals surface area contributed by atoms with E-state index in [1.54, 1.807) is 13.2 Å². The van der Waals surface area contributed by atoms with Gasteiger partial charge >= 0.3 is 0 Å². The third-order valence-corrected chi connectivity index (χ3v) is 5.99. The van der Waals surface area contributed by atoms with Crippen molar-refractivity contribution in [1.29, 1.82) is 0 Å². The zero-order valence-corrected chi connectivity index (χ0v) is 19.4. The van der Waals surface area contributed by atoms with Crippen LogP contribution >= 0.6 is 11.3 Å². The largest absolute Gasteiger partial charge is 0.493 e. The quantitative estimate of drug-likeness (QED) is 0.326. The number of hydrogen-bond acceptors (Lipinski definition) is 6. The number of hydrogen-bond donors (Lipinski definition) is 1. The van der Waals surface area contributed by atoms with E-state index in [0.717, 1.165) is 22.2 Å². The maximum absolute atomic E-state index is 13.3. The summed E-state index contributed by atoms with van der Waals surface area (Å²) >= 11 is 1.36. The van der Waals surface area contributed by atoms with Gasteiger partial charge in [-0.2, -0.15) is 0 Å². The molecule has 1 amide bonds. The minimum atomic E-state index is -0.353. The van der Waals surface area contributed by atoms with Gasteiger partial charge in [0.05, 0.1) is 18.5 Å². The van der Waals surface area contributed by atoms with Gasteiger partial charge in [-0.25, -0.2) is 9.98 Å². The molecule has 2 aromatic heterocycles. The molecule has 0 fully saturated rings. The molecule has 0 saturated heterocycles. The standard InChI is InChI=1S/C27H21N3O3S/c1-17-8-6-12-20(14-17)28-26-21(15-19-11-7-13-23(32-2)24(19)33-26)25(31)30-27-29-22(16-34-27)18-9-4-3-5-10-18/h3-16H,1-2H3,(H,29,30,31). The van der Waals surface area contributed by atoms with Gasteiger partial charge in [-0.15, -0.1) is 11.3 Å². The molecular weight excluding hydrogens is 446 g/mol. The van der Waals surface area contributed by atoms with E-state index in [4.69, 9.17) is 9.15 Å². The molecule has 6 nitrogen and oxygen atoms in total. The molecule has 0 radical (unpaired) electrons. The summed E-state index contributed by atoms with van der Waals surface area (Å²) in [4.78, 5) is 22.5. The first-order valence-corrected chi connectivity index (χ1v) is 11.5. The van der Waals surface area contributed by atoms with Gasteiger partial charge in [0.2, 0.25) is 5.55 Å². The van der Waals surface area contributed by atoms with Crippen molar-refractivity contribution in [1.82, 2.24) is 4.98 Å². The average Bonchev–Trinajstić information content (AvgIpc) is 3.32. The molecule has 1 N–H and O–H groups in total. The Balaban J connectivity index is 1.58. The fourth-order valence-corrected chi connectivity index (χ4v) is 4.30. The van der Waals surface area contributed by atoms with E-state index >= 15 is 0 Å². The van der Waals surface area contributed by atoms with E-state index in [2.05, 4.69) is 15.3 Å². The zero-order chi connectivity index (χ0) is 23.5. The maximum atomic E-state index is 13.3. The SMILES string of the molecule is COc1cccc2cc(C(=O)Nc3nc(-c4ccccc4)cs3)c(=Nc3cccc(C)c3)oc12. The third-order valence-electron chi connectivity index (χ3n) is 5.23. The van der Waals surface area contributed by atoms with Crippen molar-refractivity contribution >= 4 is 39.0 Å². The second-order valence-electron chi connectivity index (χ2n) is 7.65. The number of carbonyl (C=O) groups excluding carboxylic acids is 1. The first kappa shape index (κ1) is 21.6. The summed E-state index contributed by atoms with van der Waals surface area (Å²) in [7, 11) is 1.58. The highest BCUT2D eigenvalue weighted by Gasteiger charge is 2.16. The van der Waals surface area contributed by atoms with E-state index in [1.807, 2.05) is 85.1 Å². The molecule has 0 atom stereocenters. The Labute approximate surface area is 200 Å². The number of thiazole rings is 1. The topological polar surface area (TPSA) is 76.7 Å². The number of nitrogens with one attached hydrogen (secondary N) is 1. The number of aryl methyl sites for hydroxylation is 1. The summed E-state index contributed by atoms with van der Waals surface area (Å²) < 4.78 is 11.6. The summed E-state index contributed by atoms with van der Waals surface area (Å²) in [5.41, 5.74) is 4.56. The van der Waals surface area contributed by atoms with Crippen molar-refractivity contribution in [2.75, 3.05) is 12.4 Å². The van der Waals surface area contributed by atoms with Crippen LogP contribution < -0.4 is 15.6 Å². The van der Waals surface area contributed by atoms with E-state index < -0.39 is 0 Å². The lowest BCUT2D eigenvalue weighted by Gasteiger charge is -2.08. The first-order valence-electron chi connectivity index (χ1n) is 10.7. The van der Waals surface area contributed by atoms with Crippen molar-refractivity contribution < 1.29 is 13.9 Å². The van der Waals surface area contributed by atoms with Crippen LogP contribution in [0.5, 0.6) is 5.75 Å². The van der Waals surface area contributed by atoms with Crippen molar-refractivity contribution in [2.45, 2.75) is 6.92 Å². The smallest absolute Gasteiger partial charge is 0.262 e. The molecular formula is C27H21N3O3S. The number of anilines is 1. The molecule has 2 heterocycles. The molecule has 7 heteroatoms. The predicted octanol–water partition coefficient (Wildman–Crippen LogP) is 6.36. The fraction of sp³-hybridized carbons (Fsp3) is 0.0741. The molecule has 0 unspecified atom stereocenters. The lowest BCUT2D eigenvalue weighted by atomic mass is 10.1. The summed E-state index contributed by atoms with van der Waals surface area (Å²) in [6, 6.07) is 24.8. The van der Waals surface area contributed by atoms with Gasteiger partial charge < -0.3 is 9.15 Å². The highest BCUT2D eigenvalue weighted by atomic mass is 32.1. The number of rotatable bonds is 5. The Morgan fingerprint density at radius 2 is 1.85 bits per heavy atom. The monoisotopic (exact) mass is 467 g/mol. The maximum Gasteiger partial charge on any atom is 0.262 e. The minimum Gasteiger partial charge on any atom is -0.493 e. The number of carbonyl (C=O) groups is 1. The van der Waals surface area contributed by atoms with Crippen LogP contribution in [0, 0.1) is 6.92 Å². The number of aromatic nitrogens is 1. The van der Waals surface area contributed by atoms with Gasteiger partial charge in [-0.3, -0.25) is 10.1 Å². The highest BCUT2D eigenvalue weighted by molar-refractivity contribution is 7.14. The second-order valence-corrected chi connectivity index (χ2v) is 8.51. The number of methoxy groups -OCH3 is 1. The Hall–Kier alpha value is -4.23. The Kier molecular flexibility index (Phi) is 5.93. The van der Waals surface area contributed by atoms with E-state index in [1.165, 1.54) is 11.3 Å². The van der Waals surface area contributed by atoms with Gasteiger partial charge in [0, 0.05) is 16.3 Å². The van der Waals surface area contributed by atoms with Gasteiger partial charge in [0.1, 0.15) is 5.56 Å². The number of nitrogens with zero attached hydrogens (tertiary/aromatic N) is 2. The van der Waals surface area contributed by atoms with Crippen molar-refractivity contribution in [2.24, 2.45) is 4.99 Å². The van der Waals surface area contributed by atoms with Crippen molar-refractivity contribution in [3.63, 3.8) is 0 Å². The summed E-state index contributed by atoms with van der Waals surface area (Å²) in [5, 5.41) is 6.04. The first-order chi connectivity index (χ1) is 16.6. The van der Waals surface area contributed by atoms with E-state index in [-0.39, 0.29) is 11.5 Å². The third kappa shape index (κ3) is 4.46. The van der Waals surface area contributed by atoms with Gasteiger partial charge in [-0.05, 0) is 36.8 Å². The Morgan fingerprint density at radius 1 is 1.03 bits per heavy atom. The van der Waals surface area contributed by atoms with Crippen molar-refractivity contribution in [3.05, 3.63) is 101 Å². The van der Waals surface area contributed by atoms with Gasteiger partial charge in [0.25, 0.3) is 5.91 Å². The van der Waals surface area contributed by atoms with Crippen LogP contribution in [0.15, 0.2) is 93.7 Å². The molecule has 5 rings (SSSR count). The lowest BCUT2D eigenvalue weighted by molar-refractivity contribution is 0.102. The number of fused-ring (bicyclic) bond motifs is 1. The van der Waals surface area contributed by atoms with E-state index in [0.29, 0.717) is 27.7 Å². The van der Waals surface area contributed by atoms with Crippen LogP contribution in [-0.4, -0.2) is 18.0 Å². The van der Waals surface area contributed by atoms with Gasteiger partial charge in [0.15, 0.2) is 16.5 Å². The molecule has 168 valence electrons. The van der Waals surface area contributed by atoms with Gasteiger partial charge in [-0.1, -0.05) is 54.6 Å². The second kappa shape index (κ2) is 9.33. The van der Waals surface area contributed by atoms with E-state index in [9.17, 15) is 4.79 Å². The molecule has 0 aliphatic rings. The van der Waals surface area contributed by atoms with Crippen LogP contribution in [0.3, 0.4) is 0 Å². The van der Waals surface area contributed by atoms with Crippen molar-refractivity contribution in [3.8, 4) is 17.0 Å². The zero-order valence-electron chi connectivity index (χ0n) is 18.6. The molecule has 0 saturated carbocycles. The number of para-hydroxylation sites is 1. The molecule has 5 aromatic rings. The number of amides is 1. The van der Waals surface area contributed by atoms with Crippen LogP contribution in [-0.2, 0) is 0 Å². The molecule has 0 spiro atoms. The Morgan fingerprint density at radius 3 is 2.65 bits per heavy atom. The summed E-state index contributed by atoms with van der Waals surface area (Å²) in [5.74, 6) is 0.214. The van der Waals surface area contributed by atoms with Crippen LogP contribution in [0.2, 0.25) is 0 Å². The Bertz CT molecular complexity index is 1550. The fourth-order valence-electron chi connectivity index (χ4n) is 3.58. The van der Waals surface area contributed by atoms with Crippen LogP contribution in [0.4, 0.5) is 10.8 Å². The average molecular weight is 468 g/mol. The normalized spacial score (nSPS) is 11.5. The molecule has 3 aromatic carbocycles. The molecule has 0 aliphatic carbocycles. The predicted molar refractivity (Wildman–Crippen MR) is 135 cm³/mol. The molecule has 0 bridgehead atoms. The lowest BCUT2D eigenvalue weighted by Crippen LogP contribution is -2.21. The molecule has 34 heavy (non-hydrogen) atoms. The minimum absolute atomic E-state index is 0.194. The summed E-state index contributed by atoms with van der Waals surface area (Å²) in [6.45, 7) is 1.99. The number of benzene rings is 3. The summed E-state index contributed by atoms with van der Waals surface area (Å²) in [6.07, 6.45) is 0. The van der Waals surface area contributed by atoms with Crippen LogP contribution in [0.25, 0.3) is 22.2 Å². The molecule has 0 aliphatic heterocycles. The number of ether oxygens (including phenoxy) is 1. The highest BCUT2D eigenvalue weighted by Crippen LogP contribution is 2.27. The van der Waals surface area contributed by atoms with Crippen LogP contribution in [0.1, 0.15) is 15.9 Å².